The van der Waals surface area contributed by atoms with Gasteiger partial charge in [0.1, 0.15) is 12.6 Å². The fraction of sp³-hybridized carbons (Fsp3) is 0.250. The van der Waals surface area contributed by atoms with Crippen LogP contribution in [0.15, 0.2) is 30.3 Å². The Kier molecular flexibility index (Phi) is 3.65. The van der Waals surface area contributed by atoms with Crippen molar-refractivity contribution in [2.24, 2.45) is 0 Å². The Hall–Kier alpha value is -2.57. The highest BCUT2D eigenvalue weighted by atomic mass is 16.6. The molecule has 0 spiro atoms. The van der Waals surface area contributed by atoms with Crippen molar-refractivity contribution < 1.29 is 24.2 Å². The molecular weight excluding hydrogens is 252 g/mol. The smallest absolute Gasteiger partial charge is 0.418 e. The molecule has 1 saturated heterocycles. The van der Waals surface area contributed by atoms with Crippen molar-refractivity contribution in [3.63, 3.8) is 0 Å². The molecule has 1 fully saturated rings. The van der Waals surface area contributed by atoms with Crippen molar-refractivity contribution in [1.29, 1.82) is 0 Å². The quantitative estimate of drug-likeness (QED) is 0.841. The van der Waals surface area contributed by atoms with E-state index in [0.717, 1.165) is 10.5 Å². The molecule has 7 heteroatoms. The maximum atomic E-state index is 11.6. The molecule has 100 valence electrons. The van der Waals surface area contributed by atoms with Crippen LogP contribution >= 0.6 is 0 Å². The van der Waals surface area contributed by atoms with Crippen LogP contribution in [0.2, 0.25) is 0 Å². The Morgan fingerprint density at radius 2 is 2.05 bits per heavy atom. The number of benzene rings is 1. The van der Waals surface area contributed by atoms with E-state index in [1.54, 1.807) is 24.3 Å². The third-order valence-corrected chi connectivity index (χ3v) is 2.63. The number of nitrogens with one attached hydrogen (secondary N) is 1. The van der Waals surface area contributed by atoms with E-state index in [-0.39, 0.29) is 13.2 Å². The Labute approximate surface area is 108 Å². The van der Waals surface area contributed by atoms with Gasteiger partial charge in [-0.15, -0.1) is 0 Å². The van der Waals surface area contributed by atoms with Crippen molar-refractivity contribution in [3.05, 3.63) is 35.9 Å². The van der Waals surface area contributed by atoms with Crippen molar-refractivity contribution in [2.75, 3.05) is 6.54 Å². The summed E-state index contributed by atoms with van der Waals surface area (Å²) in [6, 6.07) is 7.13. The molecule has 0 aliphatic carbocycles. The number of imide groups is 1. The van der Waals surface area contributed by atoms with Gasteiger partial charge in [-0.05, 0) is 5.56 Å². The summed E-state index contributed by atoms with van der Waals surface area (Å²) < 4.78 is 4.94. The molecule has 1 heterocycles. The molecule has 1 aliphatic rings. The number of hydrogen-bond donors (Lipinski definition) is 2. The molecule has 1 aromatic rings. The first-order valence-corrected chi connectivity index (χ1v) is 5.59. The Morgan fingerprint density at radius 1 is 1.37 bits per heavy atom. The molecule has 3 amide bonds. The molecule has 0 saturated carbocycles. The number of hydrogen-bond acceptors (Lipinski definition) is 4. The summed E-state index contributed by atoms with van der Waals surface area (Å²) in [6.07, 6.45) is -0.856. The van der Waals surface area contributed by atoms with Crippen LogP contribution in [0.3, 0.4) is 0 Å². The third kappa shape index (κ3) is 3.01. The number of urea groups is 1. The van der Waals surface area contributed by atoms with E-state index in [0.29, 0.717) is 0 Å². The second-order valence-corrected chi connectivity index (χ2v) is 3.99. The first-order chi connectivity index (χ1) is 9.08. The molecule has 0 aromatic heterocycles. The van der Waals surface area contributed by atoms with Crippen LogP contribution in [0.5, 0.6) is 0 Å². The van der Waals surface area contributed by atoms with Gasteiger partial charge in [0.05, 0.1) is 6.54 Å². The van der Waals surface area contributed by atoms with Crippen LogP contribution in [-0.2, 0) is 16.1 Å². The number of carboxylic acid groups (broad SMARTS) is 1. The number of rotatable bonds is 3. The summed E-state index contributed by atoms with van der Waals surface area (Å²) in [5, 5.41) is 10.9. The minimum absolute atomic E-state index is 0.0290. The summed E-state index contributed by atoms with van der Waals surface area (Å²) in [7, 11) is 0. The monoisotopic (exact) mass is 264 g/mol. The molecule has 19 heavy (non-hydrogen) atoms. The SMILES string of the molecule is O=C(O)[C@@H]1CN(C(=O)OCc2ccccc2)C(=O)N1. The van der Waals surface area contributed by atoms with Crippen LogP contribution in [0.25, 0.3) is 0 Å². The fourth-order valence-corrected chi connectivity index (χ4v) is 1.63. The number of carbonyl (C=O) groups excluding carboxylic acids is 2. The molecule has 1 aliphatic heterocycles. The van der Waals surface area contributed by atoms with Crippen LogP contribution in [0.4, 0.5) is 9.59 Å². The van der Waals surface area contributed by atoms with Gasteiger partial charge in [-0.25, -0.2) is 19.3 Å². The number of ether oxygens (including phenoxy) is 1. The van der Waals surface area contributed by atoms with Crippen molar-refractivity contribution in [3.8, 4) is 0 Å². The Morgan fingerprint density at radius 3 is 2.63 bits per heavy atom. The van der Waals surface area contributed by atoms with Gasteiger partial charge in [0.2, 0.25) is 0 Å². The van der Waals surface area contributed by atoms with Gasteiger partial charge in [-0.1, -0.05) is 30.3 Å². The number of carboxylic acids is 1. The van der Waals surface area contributed by atoms with Crippen LogP contribution < -0.4 is 5.32 Å². The lowest BCUT2D eigenvalue weighted by molar-refractivity contribution is -0.138. The van der Waals surface area contributed by atoms with E-state index < -0.39 is 24.1 Å². The lowest BCUT2D eigenvalue weighted by Gasteiger charge is -2.12. The van der Waals surface area contributed by atoms with Crippen LogP contribution in [0, 0.1) is 0 Å². The molecule has 2 rings (SSSR count). The van der Waals surface area contributed by atoms with E-state index in [1.165, 1.54) is 0 Å². The predicted octanol–water partition coefficient (Wildman–Crippen LogP) is 0.802. The topological polar surface area (TPSA) is 95.9 Å². The van der Waals surface area contributed by atoms with Crippen LogP contribution in [0.1, 0.15) is 5.56 Å². The minimum Gasteiger partial charge on any atom is -0.480 e. The summed E-state index contributed by atoms with van der Waals surface area (Å²) in [5.74, 6) is -1.19. The summed E-state index contributed by atoms with van der Waals surface area (Å²) in [5.41, 5.74) is 0.783. The van der Waals surface area contributed by atoms with E-state index >= 15 is 0 Å². The van der Waals surface area contributed by atoms with Crippen molar-refractivity contribution >= 4 is 18.1 Å². The Bertz CT molecular complexity index is 502. The van der Waals surface area contributed by atoms with Crippen LogP contribution in [-0.4, -0.2) is 40.7 Å². The lowest BCUT2D eigenvalue weighted by atomic mass is 10.2. The molecule has 0 bridgehead atoms. The maximum absolute atomic E-state index is 11.6. The van der Waals surface area contributed by atoms with Gasteiger partial charge in [-0.2, -0.15) is 0 Å². The second kappa shape index (κ2) is 5.38. The average Bonchev–Trinajstić information content (AvgIpc) is 2.80. The first-order valence-electron chi connectivity index (χ1n) is 5.59. The lowest BCUT2D eigenvalue weighted by Crippen LogP contribution is -2.34. The molecule has 7 nitrogen and oxygen atoms in total. The largest absolute Gasteiger partial charge is 0.480 e. The minimum atomic E-state index is -1.19. The normalized spacial score (nSPS) is 18.0. The van der Waals surface area contributed by atoms with Gasteiger partial charge in [0.25, 0.3) is 0 Å². The third-order valence-electron chi connectivity index (χ3n) is 2.63. The zero-order valence-corrected chi connectivity index (χ0v) is 9.91. The number of amides is 3. The maximum Gasteiger partial charge on any atom is 0.418 e. The van der Waals surface area contributed by atoms with Gasteiger partial charge >= 0.3 is 18.1 Å². The molecule has 0 radical (unpaired) electrons. The molecule has 2 N–H and O–H groups in total. The highest BCUT2D eigenvalue weighted by Crippen LogP contribution is 2.08. The zero-order valence-electron chi connectivity index (χ0n) is 9.91. The van der Waals surface area contributed by atoms with E-state index in [1.807, 2.05) is 6.07 Å². The molecular formula is C12H12N2O5. The van der Waals surface area contributed by atoms with Crippen molar-refractivity contribution in [1.82, 2.24) is 10.2 Å². The second-order valence-electron chi connectivity index (χ2n) is 3.99. The van der Waals surface area contributed by atoms with Gasteiger partial charge in [0.15, 0.2) is 0 Å². The van der Waals surface area contributed by atoms with E-state index in [9.17, 15) is 14.4 Å². The highest BCUT2D eigenvalue weighted by Gasteiger charge is 2.38. The first kappa shape index (κ1) is 12.9. The molecule has 0 unspecified atom stereocenters. The number of aliphatic carboxylic acids is 1. The Balaban J connectivity index is 1.90. The molecule has 1 aromatic carbocycles. The predicted molar refractivity (Wildman–Crippen MR) is 63.3 cm³/mol. The van der Waals surface area contributed by atoms with E-state index in [4.69, 9.17) is 9.84 Å². The fourth-order valence-electron chi connectivity index (χ4n) is 1.63. The zero-order chi connectivity index (χ0) is 13.8. The average molecular weight is 264 g/mol. The van der Waals surface area contributed by atoms with Gasteiger partial charge in [0, 0.05) is 0 Å². The van der Waals surface area contributed by atoms with E-state index in [2.05, 4.69) is 5.32 Å². The number of carbonyl (C=O) groups is 3. The molecule has 1 atom stereocenters. The van der Waals surface area contributed by atoms with Crippen molar-refractivity contribution in [2.45, 2.75) is 12.6 Å². The highest BCUT2D eigenvalue weighted by molar-refractivity contribution is 5.96. The summed E-state index contributed by atoms with van der Waals surface area (Å²) >= 11 is 0. The number of nitrogens with zero attached hydrogens (tertiary/aromatic N) is 1. The standard InChI is InChI=1S/C12H12N2O5/c15-10(16)9-6-14(11(17)13-9)12(18)19-7-8-4-2-1-3-5-8/h1-5,9H,6-7H2,(H,13,17)(H,15,16)/t9-/m0/s1. The summed E-state index contributed by atoms with van der Waals surface area (Å²) in [4.78, 5) is 34.5. The summed E-state index contributed by atoms with van der Waals surface area (Å²) in [6.45, 7) is -0.205. The van der Waals surface area contributed by atoms with Gasteiger partial charge in [-0.3, -0.25) is 0 Å². The van der Waals surface area contributed by atoms with Gasteiger partial charge < -0.3 is 15.2 Å².